The molecule has 6 heteroatoms. The molecule has 3 saturated carbocycles. The van der Waals surface area contributed by atoms with Crippen LogP contribution in [-0.4, -0.2) is 37.0 Å². The van der Waals surface area contributed by atoms with E-state index in [1.807, 2.05) is 6.92 Å². The fraction of sp³-hybridized carbons (Fsp3) is 0.889. The topological polar surface area (TPSA) is 84.5 Å². The molecular weight excluding hydrogens is 633 g/mol. The summed E-state index contributed by atoms with van der Waals surface area (Å²) < 4.78 is 6.11. The predicted octanol–water partition coefficient (Wildman–Crippen LogP) is 10.9. The third-order valence-corrected chi connectivity index (χ3v) is 14.4. The Kier molecular flexibility index (Phi) is 16.9. The van der Waals surface area contributed by atoms with Gasteiger partial charge in [0.05, 0.1) is 0 Å². The van der Waals surface area contributed by atoms with Gasteiger partial charge in [-0.2, -0.15) is 0 Å². The van der Waals surface area contributed by atoms with Gasteiger partial charge in [0, 0.05) is 38.8 Å². The maximum atomic E-state index is 12.8. The molecule has 0 radical (unpaired) electrons. The lowest BCUT2D eigenvalue weighted by Gasteiger charge is -2.58. The molecule has 0 aromatic rings. The molecule has 4 rings (SSSR count). The van der Waals surface area contributed by atoms with Gasteiger partial charge in [-0.3, -0.25) is 14.4 Å². The average molecular weight is 711 g/mol. The first-order chi connectivity index (χ1) is 24.5. The zero-order chi connectivity index (χ0) is 36.9. The molecule has 0 aromatic carbocycles. The molecule has 8 atom stereocenters. The largest absolute Gasteiger partial charge is 0.462 e. The summed E-state index contributed by atoms with van der Waals surface area (Å²) in [5.41, 5.74) is 2.46. The van der Waals surface area contributed by atoms with Gasteiger partial charge < -0.3 is 15.4 Å². The van der Waals surface area contributed by atoms with E-state index in [1.165, 1.54) is 89.9 Å². The molecule has 0 heterocycles. The van der Waals surface area contributed by atoms with Crippen LogP contribution >= 0.6 is 0 Å². The molecule has 4 aliphatic rings. The SMILES string of the molecule is CCC(=O)NCCC(=O)NCCCCCCCCCCCC(=O)OC1CCC2(C)C(=CCC3C2CCC2(C)C(C(C)CCCC(C)C)CCC32)C1. The molecule has 292 valence electrons. The van der Waals surface area contributed by atoms with E-state index in [9.17, 15) is 14.4 Å². The van der Waals surface area contributed by atoms with Crippen molar-refractivity contribution in [3.8, 4) is 0 Å². The lowest BCUT2D eigenvalue weighted by atomic mass is 9.47. The minimum Gasteiger partial charge on any atom is -0.462 e. The zero-order valence-electron chi connectivity index (χ0n) is 33.9. The van der Waals surface area contributed by atoms with Gasteiger partial charge in [0.2, 0.25) is 11.8 Å². The van der Waals surface area contributed by atoms with Crippen LogP contribution in [0, 0.1) is 46.3 Å². The van der Waals surface area contributed by atoms with Gasteiger partial charge in [-0.25, -0.2) is 0 Å². The van der Waals surface area contributed by atoms with Crippen LogP contribution in [0.25, 0.3) is 0 Å². The number of hydrogen-bond donors (Lipinski definition) is 2. The maximum Gasteiger partial charge on any atom is 0.306 e. The number of unbranched alkanes of at least 4 members (excludes halogenated alkanes) is 8. The van der Waals surface area contributed by atoms with Crippen LogP contribution in [0.2, 0.25) is 0 Å². The number of ether oxygens (including phenoxy) is 1. The second-order valence-electron chi connectivity index (χ2n) is 18.4. The van der Waals surface area contributed by atoms with Crippen LogP contribution in [0.4, 0.5) is 0 Å². The van der Waals surface area contributed by atoms with Gasteiger partial charge in [-0.15, -0.1) is 0 Å². The Bertz CT molecular complexity index is 1130. The van der Waals surface area contributed by atoms with E-state index in [0.717, 1.165) is 74.0 Å². The third kappa shape index (κ3) is 11.8. The van der Waals surface area contributed by atoms with Crippen LogP contribution in [-0.2, 0) is 19.1 Å². The van der Waals surface area contributed by atoms with E-state index < -0.39 is 0 Å². The Morgan fingerprint density at radius 3 is 2.16 bits per heavy atom. The summed E-state index contributed by atoms with van der Waals surface area (Å²) in [5.74, 6) is 5.17. The zero-order valence-corrected chi connectivity index (χ0v) is 33.9. The van der Waals surface area contributed by atoms with E-state index in [2.05, 4.69) is 51.3 Å². The fourth-order valence-corrected chi connectivity index (χ4v) is 11.4. The number of esters is 1. The number of fused-ring (bicyclic) bond motifs is 5. The molecule has 0 spiro atoms. The molecule has 51 heavy (non-hydrogen) atoms. The van der Waals surface area contributed by atoms with E-state index in [4.69, 9.17) is 4.74 Å². The van der Waals surface area contributed by atoms with Crippen LogP contribution in [0.15, 0.2) is 11.6 Å². The van der Waals surface area contributed by atoms with E-state index in [0.29, 0.717) is 43.2 Å². The minimum absolute atomic E-state index is 0.0113. The standard InChI is InChI=1S/C45H78N2O4/c1-7-41(48)47-31-27-42(49)46-30-16-14-12-10-8-9-11-13-15-20-43(50)51-36-25-28-44(5)35(32-36)21-22-37-39-24-23-38(34(4)19-17-18-33(2)3)45(39,6)29-26-40(37)44/h21,33-34,36-40H,7-20,22-32H2,1-6H3,(H,46,49)(H,47,48). The van der Waals surface area contributed by atoms with Crippen molar-refractivity contribution in [2.75, 3.05) is 13.1 Å². The number of amides is 2. The van der Waals surface area contributed by atoms with Gasteiger partial charge in [0.25, 0.3) is 0 Å². The van der Waals surface area contributed by atoms with Crippen molar-refractivity contribution in [3.63, 3.8) is 0 Å². The van der Waals surface area contributed by atoms with Crippen molar-refractivity contribution in [1.82, 2.24) is 10.6 Å². The molecule has 2 N–H and O–H groups in total. The molecule has 0 aliphatic heterocycles. The van der Waals surface area contributed by atoms with Crippen LogP contribution in [0.1, 0.15) is 189 Å². The third-order valence-electron chi connectivity index (χ3n) is 14.4. The van der Waals surface area contributed by atoms with Crippen molar-refractivity contribution >= 4 is 17.8 Å². The quantitative estimate of drug-likeness (QED) is 0.0665. The first-order valence-electron chi connectivity index (χ1n) is 21.9. The Morgan fingerprint density at radius 2 is 1.45 bits per heavy atom. The monoisotopic (exact) mass is 711 g/mol. The maximum absolute atomic E-state index is 12.8. The molecule has 6 nitrogen and oxygen atoms in total. The Morgan fingerprint density at radius 1 is 0.765 bits per heavy atom. The molecule has 4 aliphatic carbocycles. The Labute approximate surface area is 313 Å². The summed E-state index contributed by atoms with van der Waals surface area (Å²) in [6, 6.07) is 0. The molecule has 0 aromatic heterocycles. The van der Waals surface area contributed by atoms with Gasteiger partial charge in [-0.05, 0) is 104 Å². The molecule has 3 fully saturated rings. The summed E-state index contributed by atoms with van der Waals surface area (Å²) in [5, 5.41) is 5.68. The lowest BCUT2D eigenvalue weighted by Crippen LogP contribution is -2.51. The van der Waals surface area contributed by atoms with Crippen molar-refractivity contribution in [1.29, 1.82) is 0 Å². The first kappa shape index (κ1) is 41.9. The Hall–Kier alpha value is -1.85. The second kappa shape index (κ2) is 20.6. The molecular formula is C45H78N2O4. The van der Waals surface area contributed by atoms with Gasteiger partial charge in [0.15, 0.2) is 0 Å². The van der Waals surface area contributed by atoms with Crippen molar-refractivity contribution in [2.24, 2.45) is 46.3 Å². The highest BCUT2D eigenvalue weighted by Crippen LogP contribution is 2.67. The summed E-state index contributed by atoms with van der Waals surface area (Å²) in [7, 11) is 0. The molecule has 2 amide bonds. The van der Waals surface area contributed by atoms with Crippen molar-refractivity contribution < 1.29 is 19.1 Å². The summed E-state index contributed by atoms with van der Waals surface area (Å²) in [4.78, 5) is 35.9. The smallest absolute Gasteiger partial charge is 0.306 e. The van der Waals surface area contributed by atoms with Gasteiger partial charge >= 0.3 is 5.97 Å². The van der Waals surface area contributed by atoms with Crippen LogP contribution < -0.4 is 10.6 Å². The molecule has 0 saturated heterocycles. The number of allylic oxidation sites excluding steroid dienone is 1. The predicted molar refractivity (Wildman–Crippen MR) is 210 cm³/mol. The van der Waals surface area contributed by atoms with E-state index in [-0.39, 0.29) is 23.9 Å². The van der Waals surface area contributed by atoms with Gasteiger partial charge in [0.1, 0.15) is 6.10 Å². The van der Waals surface area contributed by atoms with Crippen molar-refractivity contribution in [3.05, 3.63) is 11.6 Å². The van der Waals surface area contributed by atoms with Crippen LogP contribution in [0.5, 0.6) is 0 Å². The number of hydrogen-bond acceptors (Lipinski definition) is 4. The van der Waals surface area contributed by atoms with E-state index >= 15 is 0 Å². The summed E-state index contributed by atoms with van der Waals surface area (Å²) >= 11 is 0. The summed E-state index contributed by atoms with van der Waals surface area (Å²) in [6.07, 6.45) is 28.7. The van der Waals surface area contributed by atoms with E-state index in [1.54, 1.807) is 5.57 Å². The minimum atomic E-state index is -0.0113. The summed E-state index contributed by atoms with van der Waals surface area (Å²) in [6.45, 7) is 15.5. The number of rotatable bonds is 22. The van der Waals surface area contributed by atoms with Crippen molar-refractivity contribution in [2.45, 2.75) is 195 Å². The molecule has 0 bridgehead atoms. The highest BCUT2D eigenvalue weighted by Gasteiger charge is 2.59. The highest BCUT2D eigenvalue weighted by atomic mass is 16.5. The number of carbonyl (C=O) groups is 3. The number of carbonyl (C=O) groups excluding carboxylic acids is 3. The first-order valence-corrected chi connectivity index (χ1v) is 21.9. The Balaban J connectivity index is 1.06. The molecule has 8 unspecified atom stereocenters. The highest BCUT2D eigenvalue weighted by molar-refractivity contribution is 5.78. The number of nitrogens with one attached hydrogen (secondary N) is 2. The van der Waals surface area contributed by atoms with Gasteiger partial charge in [-0.1, -0.05) is 117 Å². The lowest BCUT2D eigenvalue weighted by molar-refractivity contribution is -0.151. The normalized spacial score (nSPS) is 30.5. The average Bonchev–Trinajstić information content (AvgIpc) is 3.46. The second-order valence-corrected chi connectivity index (χ2v) is 18.4. The van der Waals surface area contributed by atoms with Crippen LogP contribution in [0.3, 0.4) is 0 Å². The fourth-order valence-electron chi connectivity index (χ4n) is 11.4.